The topological polar surface area (TPSA) is 75.3 Å². The van der Waals surface area contributed by atoms with Gasteiger partial charge in [-0.25, -0.2) is 17.5 Å². The van der Waals surface area contributed by atoms with Crippen LogP contribution in [0.25, 0.3) is 0 Å². The molecule has 1 fully saturated rings. The summed E-state index contributed by atoms with van der Waals surface area (Å²) in [7, 11) is -3.87. The van der Waals surface area contributed by atoms with E-state index in [0.29, 0.717) is 0 Å². The van der Waals surface area contributed by atoms with Gasteiger partial charge in [-0.2, -0.15) is 0 Å². The first kappa shape index (κ1) is 15.9. The summed E-state index contributed by atoms with van der Waals surface area (Å²) in [5.41, 5.74) is 0. The summed E-state index contributed by atoms with van der Waals surface area (Å²) < 4.78 is 39.1. The van der Waals surface area contributed by atoms with Crippen LogP contribution in [0.3, 0.4) is 0 Å². The van der Waals surface area contributed by atoms with Crippen molar-refractivity contribution in [3.63, 3.8) is 0 Å². The van der Waals surface area contributed by atoms with Crippen molar-refractivity contribution < 1.29 is 17.6 Å². The van der Waals surface area contributed by atoms with Gasteiger partial charge in [-0.3, -0.25) is 4.79 Å². The van der Waals surface area contributed by atoms with E-state index in [1.165, 1.54) is 18.6 Å². The van der Waals surface area contributed by atoms with Gasteiger partial charge >= 0.3 is 0 Å². The largest absolute Gasteiger partial charge is 0.352 e. The number of nitrogens with one attached hydrogen (secondary N) is 2. The molecule has 1 saturated carbocycles. The molecule has 1 aromatic rings. The van der Waals surface area contributed by atoms with Crippen LogP contribution >= 0.6 is 0 Å². The average molecular weight is 314 g/mol. The van der Waals surface area contributed by atoms with Crippen molar-refractivity contribution in [2.75, 3.05) is 6.54 Å². The Labute approximate surface area is 124 Å². The molecule has 2 N–H and O–H groups in total. The SMILES string of the molecule is O=C(CNS(=O)(=O)c1cccc(F)c1)NC1CCCCC1. The van der Waals surface area contributed by atoms with E-state index in [1.54, 1.807) is 0 Å². The quantitative estimate of drug-likeness (QED) is 0.866. The standard InChI is InChI=1S/C14H19FN2O3S/c15-11-5-4-8-13(9-11)21(19,20)16-10-14(18)17-12-6-2-1-3-7-12/h4-5,8-9,12,16H,1-3,6-7,10H2,(H,17,18). The van der Waals surface area contributed by atoms with Gasteiger partial charge in [-0.05, 0) is 31.0 Å². The number of carbonyl (C=O) groups excluding carboxylic acids is 1. The zero-order valence-corrected chi connectivity index (χ0v) is 12.5. The number of rotatable bonds is 5. The smallest absolute Gasteiger partial charge is 0.241 e. The summed E-state index contributed by atoms with van der Waals surface area (Å²) >= 11 is 0. The van der Waals surface area contributed by atoms with E-state index in [4.69, 9.17) is 0 Å². The second-order valence-corrected chi connectivity index (χ2v) is 6.95. The monoisotopic (exact) mass is 314 g/mol. The number of halogens is 1. The van der Waals surface area contributed by atoms with Gasteiger partial charge in [0.15, 0.2) is 0 Å². The minimum Gasteiger partial charge on any atom is -0.352 e. The zero-order chi connectivity index (χ0) is 15.3. The Hall–Kier alpha value is -1.47. The van der Waals surface area contributed by atoms with Crippen LogP contribution in [-0.4, -0.2) is 26.9 Å². The molecule has 2 rings (SSSR count). The lowest BCUT2D eigenvalue weighted by Crippen LogP contribution is -2.42. The summed E-state index contributed by atoms with van der Waals surface area (Å²) in [6, 6.07) is 4.80. The van der Waals surface area contributed by atoms with Gasteiger partial charge in [-0.15, -0.1) is 0 Å². The zero-order valence-electron chi connectivity index (χ0n) is 11.6. The van der Waals surface area contributed by atoms with E-state index in [1.807, 2.05) is 0 Å². The molecule has 116 valence electrons. The molecule has 1 aliphatic carbocycles. The van der Waals surface area contributed by atoms with Crippen molar-refractivity contribution in [1.82, 2.24) is 10.0 Å². The maximum absolute atomic E-state index is 13.0. The highest BCUT2D eigenvalue weighted by molar-refractivity contribution is 7.89. The Morgan fingerprint density at radius 3 is 2.62 bits per heavy atom. The third-order valence-electron chi connectivity index (χ3n) is 3.50. The van der Waals surface area contributed by atoms with Gasteiger partial charge in [0.05, 0.1) is 11.4 Å². The van der Waals surface area contributed by atoms with E-state index >= 15 is 0 Å². The Morgan fingerprint density at radius 1 is 1.24 bits per heavy atom. The lowest BCUT2D eigenvalue weighted by Gasteiger charge is -2.22. The molecule has 5 nitrogen and oxygen atoms in total. The third kappa shape index (κ3) is 4.78. The second kappa shape index (κ2) is 7.00. The molecule has 0 bridgehead atoms. The number of carbonyl (C=O) groups is 1. The van der Waals surface area contributed by atoms with Gasteiger partial charge in [-0.1, -0.05) is 25.3 Å². The first-order valence-electron chi connectivity index (χ1n) is 7.02. The summed E-state index contributed by atoms with van der Waals surface area (Å²) in [5.74, 6) is -0.994. The van der Waals surface area contributed by atoms with Gasteiger partial charge in [0.25, 0.3) is 0 Å². The maximum atomic E-state index is 13.0. The molecule has 1 aromatic carbocycles. The maximum Gasteiger partial charge on any atom is 0.241 e. The number of hydrogen-bond donors (Lipinski definition) is 2. The van der Waals surface area contributed by atoms with Crippen molar-refractivity contribution >= 4 is 15.9 Å². The highest BCUT2D eigenvalue weighted by atomic mass is 32.2. The number of sulfonamides is 1. The molecule has 0 unspecified atom stereocenters. The van der Waals surface area contributed by atoms with Crippen LogP contribution in [0.15, 0.2) is 29.2 Å². The van der Waals surface area contributed by atoms with Gasteiger partial charge in [0.1, 0.15) is 5.82 Å². The van der Waals surface area contributed by atoms with Crippen LogP contribution in [0.1, 0.15) is 32.1 Å². The Bertz CT molecular complexity index is 598. The second-order valence-electron chi connectivity index (χ2n) is 5.18. The molecule has 0 radical (unpaired) electrons. The Balaban J connectivity index is 1.87. The molecule has 0 aromatic heterocycles. The lowest BCUT2D eigenvalue weighted by atomic mass is 9.95. The van der Waals surface area contributed by atoms with Crippen LogP contribution in [0.5, 0.6) is 0 Å². The van der Waals surface area contributed by atoms with Crippen molar-refractivity contribution in [3.8, 4) is 0 Å². The first-order chi connectivity index (χ1) is 9.97. The summed E-state index contributed by atoms with van der Waals surface area (Å²) in [5, 5.41) is 2.81. The van der Waals surface area contributed by atoms with Crippen LogP contribution in [0.2, 0.25) is 0 Å². The van der Waals surface area contributed by atoms with Crippen LogP contribution in [-0.2, 0) is 14.8 Å². The van der Waals surface area contributed by atoms with Gasteiger partial charge in [0.2, 0.25) is 15.9 Å². The van der Waals surface area contributed by atoms with E-state index < -0.39 is 15.8 Å². The summed E-state index contributed by atoms with van der Waals surface area (Å²) in [4.78, 5) is 11.6. The predicted molar refractivity (Wildman–Crippen MR) is 76.6 cm³/mol. The highest BCUT2D eigenvalue weighted by Crippen LogP contribution is 2.17. The average Bonchev–Trinajstić information content (AvgIpc) is 2.46. The fourth-order valence-corrected chi connectivity index (χ4v) is 3.42. The minimum atomic E-state index is -3.87. The van der Waals surface area contributed by atoms with Crippen molar-refractivity contribution in [3.05, 3.63) is 30.1 Å². The fourth-order valence-electron chi connectivity index (χ4n) is 2.40. The van der Waals surface area contributed by atoms with Crippen LogP contribution < -0.4 is 10.0 Å². The molecule has 0 spiro atoms. The minimum absolute atomic E-state index is 0.130. The summed E-state index contributed by atoms with van der Waals surface area (Å²) in [6.07, 6.45) is 5.21. The molecule has 0 atom stereocenters. The highest BCUT2D eigenvalue weighted by Gasteiger charge is 2.19. The molecule has 1 aliphatic rings. The molecular weight excluding hydrogens is 295 g/mol. The Morgan fingerprint density at radius 2 is 1.95 bits per heavy atom. The predicted octanol–water partition coefficient (Wildman–Crippen LogP) is 1.55. The third-order valence-corrected chi connectivity index (χ3v) is 4.90. The van der Waals surface area contributed by atoms with E-state index in [0.717, 1.165) is 37.8 Å². The van der Waals surface area contributed by atoms with E-state index in [9.17, 15) is 17.6 Å². The van der Waals surface area contributed by atoms with Crippen molar-refractivity contribution in [1.29, 1.82) is 0 Å². The van der Waals surface area contributed by atoms with Gasteiger partial charge in [0, 0.05) is 6.04 Å². The normalized spacial score (nSPS) is 16.6. The van der Waals surface area contributed by atoms with Crippen LogP contribution in [0, 0.1) is 5.82 Å². The molecule has 1 amide bonds. The molecular formula is C14H19FN2O3S. The molecule has 0 aliphatic heterocycles. The molecule has 0 saturated heterocycles. The number of amides is 1. The Kier molecular flexibility index (Phi) is 5.30. The van der Waals surface area contributed by atoms with Crippen molar-refractivity contribution in [2.45, 2.75) is 43.0 Å². The molecule has 21 heavy (non-hydrogen) atoms. The van der Waals surface area contributed by atoms with E-state index in [2.05, 4.69) is 10.0 Å². The summed E-state index contributed by atoms with van der Waals surface area (Å²) in [6.45, 7) is -0.338. The molecule has 0 heterocycles. The van der Waals surface area contributed by atoms with Gasteiger partial charge < -0.3 is 5.32 Å². The van der Waals surface area contributed by atoms with Crippen LogP contribution in [0.4, 0.5) is 4.39 Å². The first-order valence-corrected chi connectivity index (χ1v) is 8.50. The lowest BCUT2D eigenvalue weighted by molar-refractivity contribution is -0.120. The number of hydrogen-bond acceptors (Lipinski definition) is 3. The van der Waals surface area contributed by atoms with E-state index in [-0.39, 0.29) is 23.4 Å². The van der Waals surface area contributed by atoms with Crippen molar-refractivity contribution in [2.24, 2.45) is 0 Å². The number of benzene rings is 1. The molecule has 7 heteroatoms. The fraction of sp³-hybridized carbons (Fsp3) is 0.500.